The molecule has 0 saturated carbocycles. The number of nitrogens with zero attached hydrogens (tertiary/aromatic N) is 2. The van der Waals surface area contributed by atoms with Crippen molar-refractivity contribution in [1.82, 2.24) is 9.97 Å². The number of carbonyl (C=O) groups is 1. The number of thiazole rings is 1. The molecule has 2 heterocycles. The van der Waals surface area contributed by atoms with E-state index in [-0.39, 0.29) is 0 Å². The molecule has 0 aliphatic heterocycles. The quantitative estimate of drug-likeness (QED) is 0.733. The molecule has 2 aromatic rings. The summed E-state index contributed by atoms with van der Waals surface area (Å²) in [6.45, 7) is 1.81. The van der Waals surface area contributed by atoms with Gasteiger partial charge in [-0.2, -0.15) is 0 Å². The summed E-state index contributed by atoms with van der Waals surface area (Å²) in [6.07, 6.45) is 1.81. The molecule has 0 bridgehead atoms. The van der Waals surface area contributed by atoms with E-state index in [1.165, 1.54) is 23.5 Å². The number of hydrogen-bond donors (Lipinski definition) is 0. The number of aldehydes is 1. The van der Waals surface area contributed by atoms with Gasteiger partial charge in [-0.3, -0.25) is 9.78 Å². The Morgan fingerprint density at radius 1 is 1.47 bits per heavy atom. The highest BCUT2D eigenvalue weighted by Crippen LogP contribution is 2.27. The molecule has 0 radical (unpaired) electrons. The fourth-order valence-corrected chi connectivity index (χ4v) is 2.08. The van der Waals surface area contributed by atoms with Crippen LogP contribution in [0.3, 0.4) is 0 Å². The topological polar surface area (TPSA) is 42.9 Å². The van der Waals surface area contributed by atoms with Crippen LogP contribution >= 0.6 is 11.3 Å². The number of pyridine rings is 1. The summed E-state index contributed by atoms with van der Waals surface area (Å²) in [5, 5.41) is 0.790. The molecule has 0 aromatic carbocycles. The third kappa shape index (κ3) is 1.92. The number of rotatable bonds is 2. The van der Waals surface area contributed by atoms with E-state index in [1.54, 1.807) is 0 Å². The van der Waals surface area contributed by atoms with Gasteiger partial charge in [0.25, 0.3) is 0 Å². The van der Waals surface area contributed by atoms with Gasteiger partial charge in [-0.1, -0.05) is 0 Å². The first-order valence-electron chi connectivity index (χ1n) is 4.25. The Balaban J connectivity index is 2.52. The van der Waals surface area contributed by atoms with E-state index in [4.69, 9.17) is 0 Å². The van der Waals surface area contributed by atoms with Crippen LogP contribution in [0.2, 0.25) is 0 Å². The van der Waals surface area contributed by atoms with E-state index in [9.17, 15) is 9.18 Å². The molecule has 0 fully saturated rings. The van der Waals surface area contributed by atoms with Crippen molar-refractivity contribution in [3.8, 4) is 10.6 Å². The molecule has 0 atom stereocenters. The van der Waals surface area contributed by atoms with Crippen molar-refractivity contribution in [1.29, 1.82) is 0 Å². The number of halogens is 1. The van der Waals surface area contributed by atoms with Crippen LogP contribution in [0.4, 0.5) is 4.39 Å². The van der Waals surface area contributed by atoms with E-state index in [1.807, 2.05) is 6.92 Å². The van der Waals surface area contributed by atoms with Gasteiger partial charge in [0, 0.05) is 0 Å². The molecule has 2 aromatic heterocycles. The lowest BCUT2D eigenvalue weighted by molar-refractivity contribution is 0.112. The zero-order valence-electron chi connectivity index (χ0n) is 7.90. The molecule has 0 aliphatic carbocycles. The third-order valence-corrected chi connectivity index (χ3v) is 2.84. The first-order chi connectivity index (χ1) is 7.20. The van der Waals surface area contributed by atoms with E-state index < -0.39 is 5.82 Å². The van der Waals surface area contributed by atoms with Gasteiger partial charge in [-0.05, 0) is 19.1 Å². The molecule has 2 rings (SSSR count). The fourth-order valence-electron chi connectivity index (χ4n) is 1.22. The SMILES string of the molecule is Cc1nc(C=O)c(-c2ccc(F)cn2)s1. The molecular formula is C10H7FN2OS. The summed E-state index contributed by atoms with van der Waals surface area (Å²) in [6, 6.07) is 2.85. The molecule has 5 heteroatoms. The first kappa shape index (κ1) is 9.92. The molecule has 0 spiro atoms. The zero-order valence-corrected chi connectivity index (χ0v) is 8.71. The molecule has 15 heavy (non-hydrogen) atoms. The van der Waals surface area contributed by atoms with Gasteiger partial charge in [0.05, 0.1) is 21.8 Å². The highest BCUT2D eigenvalue weighted by atomic mass is 32.1. The Labute approximate surface area is 89.6 Å². The highest BCUT2D eigenvalue weighted by molar-refractivity contribution is 7.15. The van der Waals surface area contributed by atoms with Crippen LogP contribution in [-0.2, 0) is 0 Å². The third-order valence-electron chi connectivity index (χ3n) is 1.83. The van der Waals surface area contributed by atoms with Crippen molar-refractivity contribution < 1.29 is 9.18 Å². The normalized spacial score (nSPS) is 10.3. The van der Waals surface area contributed by atoms with Crippen molar-refractivity contribution in [3.05, 3.63) is 34.8 Å². The van der Waals surface area contributed by atoms with Gasteiger partial charge >= 0.3 is 0 Å². The van der Waals surface area contributed by atoms with Crippen LogP contribution in [-0.4, -0.2) is 16.3 Å². The van der Waals surface area contributed by atoms with Gasteiger partial charge in [-0.15, -0.1) is 11.3 Å². The summed E-state index contributed by atoms with van der Waals surface area (Å²) < 4.78 is 12.6. The second-order valence-corrected chi connectivity index (χ2v) is 4.13. The Bertz CT molecular complexity index is 493. The Kier molecular flexibility index (Phi) is 2.55. The van der Waals surface area contributed by atoms with E-state index in [2.05, 4.69) is 9.97 Å². The predicted molar refractivity (Wildman–Crippen MR) is 55.4 cm³/mol. The van der Waals surface area contributed by atoms with Gasteiger partial charge in [0.2, 0.25) is 0 Å². The minimum absolute atomic E-state index is 0.358. The average molecular weight is 222 g/mol. The lowest BCUT2D eigenvalue weighted by Crippen LogP contribution is -1.87. The van der Waals surface area contributed by atoms with Crippen LogP contribution < -0.4 is 0 Å². The Morgan fingerprint density at radius 2 is 2.27 bits per heavy atom. The van der Waals surface area contributed by atoms with Crippen molar-refractivity contribution in [3.63, 3.8) is 0 Å². The predicted octanol–water partition coefficient (Wildman–Crippen LogP) is 2.47. The van der Waals surface area contributed by atoms with Gasteiger partial charge in [-0.25, -0.2) is 9.37 Å². The van der Waals surface area contributed by atoms with Crippen molar-refractivity contribution in [2.75, 3.05) is 0 Å². The van der Waals surface area contributed by atoms with E-state index in [0.717, 1.165) is 11.2 Å². The molecule has 0 unspecified atom stereocenters. The summed E-state index contributed by atoms with van der Waals surface area (Å²) in [5.74, 6) is -0.396. The van der Waals surface area contributed by atoms with Crippen LogP contribution in [0.1, 0.15) is 15.5 Å². The molecule has 3 nitrogen and oxygen atoms in total. The van der Waals surface area contributed by atoms with Crippen LogP contribution in [0.25, 0.3) is 10.6 Å². The molecule has 0 amide bonds. The summed E-state index contributed by atoms with van der Waals surface area (Å²) in [4.78, 5) is 19.4. The highest BCUT2D eigenvalue weighted by Gasteiger charge is 2.11. The fraction of sp³-hybridized carbons (Fsp3) is 0.100. The second-order valence-electron chi connectivity index (χ2n) is 2.93. The van der Waals surface area contributed by atoms with Gasteiger partial charge in [0.1, 0.15) is 11.5 Å². The largest absolute Gasteiger partial charge is 0.296 e. The Hall–Kier alpha value is -1.62. The zero-order chi connectivity index (χ0) is 10.8. The minimum atomic E-state index is -0.396. The number of aromatic nitrogens is 2. The lowest BCUT2D eigenvalue weighted by atomic mass is 10.2. The molecule has 76 valence electrons. The summed E-state index contributed by atoms with van der Waals surface area (Å²) in [5.41, 5.74) is 0.931. The maximum atomic E-state index is 12.6. The van der Waals surface area contributed by atoms with Crippen molar-refractivity contribution >= 4 is 17.6 Å². The maximum absolute atomic E-state index is 12.6. The van der Waals surface area contributed by atoms with Crippen LogP contribution in [0, 0.1) is 12.7 Å². The second kappa shape index (κ2) is 3.86. The standard InChI is InChI=1S/C10H7FN2OS/c1-6-13-9(5-14)10(15-6)8-3-2-7(11)4-12-8/h2-5H,1H3. The minimum Gasteiger partial charge on any atom is -0.296 e. The molecule has 0 saturated heterocycles. The van der Waals surface area contributed by atoms with Crippen LogP contribution in [0.5, 0.6) is 0 Å². The smallest absolute Gasteiger partial charge is 0.170 e. The van der Waals surface area contributed by atoms with Crippen LogP contribution in [0.15, 0.2) is 18.3 Å². The number of aryl methyl sites for hydroxylation is 1. The van der Waals surface area contributed by atoms with Gasteiger partial charge in [0.15, 0.2) is 6.29 Å². The van der Waals surface area contributed by atoms with Crippen molar-refractivity contribution in [2.45, 2.75) is 6.92 Å². The van der Waals surface area contributed by atoms with Gasteiger partial charge < -0.3 is 0 Å². The number of carbonyl (C=O) groups excluding carboxylic acids is 1. The van der Waals surface area contributed by atoms with Crippen molar-refractivity contribution in [2.24, 2.45) is 0 Å². The molecular weight excluding hydrogens is 215 g/mol. The summed E-state index contributed by atoms with van der Waals surface area (Å²) >= 11 is 1.37. The lowest BCUT2D eigenvalue weighted by Gasteiger charge is -1.95. The monoisotopic (exact) mass is 222 g/mol. The Morgan fingerprint density at radius 3 is 2.87 bits per heavy atom. The maximum Gasteiger partial charge on any atom is 0.170 e. The molecule has 0 N–H and O–H groups in total. The van der Waals surface area contributed by atoms with E-state index >= 15 is 0 Å². The first-order valence-corrected chi connectivity index (χ1v) is 5.07. The number of hydrogen-bond acceptors (Lipinski definition) is 4. The summed E-state index contributed by atoms with van der Waals surface area (Å²) in [7, 11) is 0. The molecule has 0 aliphatic rings. The van der Waals surface area contributed by atoms with E-state index in [0.29, 0.717) is 22.6 Å². The average Bonchev–Trinajstić information content (AvgIpc) is 2.61.